The summed E-state index contributed by atoms with van der Waals surface area (Å²) in [5.74, 6) is 0.183. The first-order chi connectivity index (χ1) is 8.63. The highest BCUT2D eigenvalue weighted by atomic mass is 32.1. The topological polar surface area (TPSA) is 46.3 Å². The molecule has 100 valence electrons. The predicted molar refractivity (Wildman–Crippen MR) is 76.0 cm³/mol. The molecular weight excluding hydrogens is 244 g/mol. The number of thiophene rings is 1. The molecule has 0 spiro atoms. The fourth-order valence-corrected chi connectivity index (χ4v) is 3.59. The van der Waals surface area contributed by atoms with Gasteiger partial charge in [0.1, 0.15) is 0 Å². The first-order valence-electron chi connectivity index (χ1n) is 6.72. The third kappa shape index (κ3) is 2.75. The molecule has 1 fully saturated rings. The molecule has 2 rings (SSSR count). The van der Waals surface area contributed by atoms with Gasteiger partial charge in [-0.3, -0.25) is 4.79 Å². The minimum atomic E-state index is 0.183. The molecule has 0 unspecified atom stereocenters. The first-order valence-corrected chi connectivity index (χ1v) is 7.60. The quantitative estimate of drug-likeness (QED) is 0.914. The summed E-state index contributed by atoms with van der Waals surface area (Å²) in [7, 11) is 1.93. The molecular formula is C14H22N2OS. The Balaban J connectivity index is 2.05. The minimum Gasteiger partial charge on any atom is -0.338 e. The zero-order chi connectivity index (χ0) is 13.1. The van der Waals surface area contributed by atoms with Crippen molar-refractivity contribution in [2.75, 3.05) is 7.05 Å². The highest BCUT2D eigenvalue weighted by Gasteiger charge is 2.26. The van der Waals surface area contributed by atoms with E-state index < -0.39 is 0 Å². The van der Waals surface area contributed by atoms with Crippen LogP contribution in [0.2, 0.25) is 0 Å². The summed E-state index contributed by atoms with van der Waals surface area (Å²) < 4.78 is 0. The zero-order valence-corrected chi connectivity index (χ0v) is 12.0. The molecule has 4 heteroatoms. The molecule has 0 aliphatic heterocycles. The SMILES string of the molecule is CCc1ccsc1C(=O)N(C)C1CCC(N)CC1. The number of hydrogen-bond donors (Lipinski definition) is 1. The van der Waals surface area contributed by atoms with Crippen molar-refractivity contribution in [1.82, 2.24) is 4.90 Å². The van der Waals surface area contributed by atoms with Crippen molar-refractivity contribution in [3.8, 4) is 0 Å². The molecule has 1 aliphatic rings. The van der Waals surface area contributed by atoms with Gasteiger partial charge >= 0.3 is 0 Å². The van der Waals surface area contributed by atoms with E-state index in [-0.39, 0.29) is 5.91 Å². The van der Waals surface area contributed by atoms with Crippen molar-refractivity contribution in [2.45, 2.75) is 51.1 Å². The van der Waals surface area contributed by atoms with E-state index in [0.29, 0.717) is 12.1 Å². The van der Waals surface area contributed by atoms with Crippen LogP contribution in [0.4, 0.5) is 0 Å². The van der Waals surface area contributed by atoms with Crippen molar-refractivity contribution < 1.29 is 4.79 Å². The Morgan fingerprint density at radius 1 is 1.44 bits per heavy atom. The van der Waals surface area contributed by atoms with Gasteiger partial charge in [0.15, 0.2) is 0 Å². The normalized spacial score (nSPS) is 23.9. The van der Waals surface area contributed by atoms with E-state index in [2.05, 4.69) is 13.0 Å². The van der Waals surface area contributed by atoms with Crippen LogP contribution < -0.4 is 5.73 Å². The van der Waals surface area contributed by atoms with Gasteiger partial charge in [-0.1, -0.05) is 6.92 Å². The highest BCUT2D eigenvalue weighted by Crippen LogP contribution is 2.25. The minimum absolute atomic E-state index is 0.183. The molecule has 0 bridgehead atoms. The van der Waals surface area contributed by atoms with Crippen LogP contribution in [0.1, 0.15) is 47.8 Å². The number of amides is 1. The Bertz CT molecular complexity index is 408. The Morgan fingerprint density at radius 3 is 2.72 bits per heavy atom. The van der Waals surface area contributed by atoms with Gasteiger partial charge in [0, 0.05) is 19.1 Å². The highest BCUT2D eigenvalue weighted by molar-refractivity contribution is 7.12. The second kappa shape index (κ2) is 5.85. The number of carbonyl (C=O) groups excluding carboxylic acids is 1. The third-order valence-electron chi connectivity index (χ3n) is 3.93. The first kappa shape index (κ1) is 13.6. The molecule has 1 saturated carbocycles. The van der Waals surface area contributed by atoms with Crippen molar-refractivity contribution in [3.63, 3.8) is 0 Å². The Morgan fingerprint density at radius 2 is 2.11 bits per heavy atom. The number of nitrogens with zero attached hydrogens (tertiary/aromatic N) is 1. The Hall–Kier alpha value is -0.870. The van der Waals surface area contributed by atoms with E-state index in [0.717, 1.165) is 37.0 Å². The molecule has 3 nitrogen and oxygen atoms in total. The summed E-state index contributed by atoms with van der Waals surface area (Å²) >= 11 is 1.56. The largest absolute Gasteiger partial charge is 0.338 e. The average Bonchev–Trinajstić information content (AvgIpc) is 2.86. The van der Waals surface area contributed by atoms with Gasteiger partial charge in [0.25, 0.3) is 5.91 Å². The standard InChI is InChI=1S/C14H22N2OS/c1-3-10-8-9-18-13(10)14(17)16(2)12-6-4-11(15)5-7-12/h8-9,11-12H,3-7,15H2,1-2H3. The Labute approximate surface area is 113 Å². The lowest BCUT2D eigenvalue weighted by Crippen LogP contribution is -2.41. The second-order valence-electron chi connectivity index (χ2n) is 5.11. The molecule has 0 radical (unpaired) electrons. The number of rotatable bonds is 3. The number of carbonyl (C=O) groups is 1. The zero-order valence-electron chi connectivity index (χ0n) is 11.2. The maximum absolute atomic E-state index is 12.5. The molecule has 0 saturated heterocycles. The van der Waals surface area contributed by atoms with Crippen LogP contribution in [0.5, 0.6) is 0 Å². The maximum atomic E-state index is 12.5. The number of nitrogens with two attached hydrogens (primary N) is 1. The second-order valence-corrected chi connectivity index (χ2v) is 6.03. The summed E-state index contributed by atoms with van der Waals surface area (Å²) in [6.45, 7) is 2.10. The van der Waals surface area contributed by atoms with Gasteiger partial charge in [0.2, 0.25) is 0 Å². The van der Waals surface area contributed by atoms with Gasteiger partial charge in [-0.05, 0) is 49.1 Å². The predicted octanol–water partition coefficient (Wildman–Crippen LogP) is 2.65. The van der Waals surface area contributed by atoms with E-state index in [4.69, 9.17) is 5.73 Å². The van der Waals surface area contributed by atoms with Crippen LogP contribution in [0.3, 0.4) is 0 Å². The van der Waals surface area contributed by atoms with E-state index in [1.807, 2.05) is 17.3 Å². The lowest BCUT2D eigenvalue weighted by atomic mass is 9.91. The van der Waals surface area contributed by atoms with Gasteiger partial charge in [-0.15, -0.1) is 11.3 Å². The van der Waals surface area contributed by atoms with Crippen molar-refractivity contribution in [1.29, 1.82) is 0 Å². The van der Waals surface area contributed by atoms with Gasteiger partial charge in [0.05, 0.1) is 4.88 Å². The van der Waals surface area contributed by atoms with Crippen LogP contribution in [0.15, 0.2) is 11.4 Å². The fraction of sp³-hybridized carbons (Fsp3) is 0.643. The molecule has 18 heavy (non-hydrogen) atoms. The van der Waals surface area contributed by atoms with Crippen molar-refractivity contribution >= 4 is 17.2 Å². The molecule has 0 aromatic carbocycles. The molecule has 2 N–H and O–H groups in total. The monoisotopic (exact) mass is 266 g/mol. The van der Waals surface area contributed by atoms with Gasteiger partial charge in [-0.25, -0.2) is 0 Å². The lowest BCUT2D eigenvalue weighted by molar-refractivity contribution is 0.0694. The van der Waals surface area contributed by atoms with Crippen LogP contribution in [-0.2, 0) is 6.42 Å². The fourth-order valence-electron chi connectivity index (χ4n) is 2.62. The van der Waals surface area contributed by atoms with E-state index in [9.17, 15) is 4.79 Å². The van der Waals surface area contributed by atoms with Crippen LogP contribution in [0, 0.1) is 0 Å². The summed E-state index contributed by atoms with van der Waals surface area (Å²) in [4.78, 5) is 15.3. The van der Waals surface area contributed by atoms with Crippen LogP contribution in [-0.4, -0.2) is 29.9 Å². The summed E-state index contributed by atoms with van der Waals surface area (Å²) in [5.41, 5.74) is 7.08. The summed E-state index contributed by atoms with van der Waals surface area (Å²) in [6, 6.07) is 2.75. The number of hydrogen-bond acceptors (Lipinski definition) is 3. The van der Waals surface area contributed by atoms with E-state index >= 15 is 0 Å². The van der Waals surface area contributed by atoms with Crippen LogP contribution in [0.25, 0.3) is 0 Å². The maximum Gasteiger partial charge on any atom is 0.264 e. The van der Waals surface area contributed by atoms with Crippen LogP contribution >= 0.6 is 11.3 Å². The molecule has 1 aliphatic carbocycles. The molecule has 1 heterocycles. The van der Waals surface area contributed by atoms with E-state index in [1.54, 1.807) is 11.3 Å². The smallest absolute Gasteiger partial charge is 0.264 e. The van der Waals surface area contributed by atoms with E-state index in [1.165, 1.54) is 5.56 Å². The molecule has 1 amide bonds. The average molecular weight is 266 g/mol. The van der Waals surface area contributed by atoms with Gasteiger partial charge < -0.3 is 10.6 Å². The lowest BCUT2D eigenvalue weighted by Gasteiger charge is -2.33. The van der Waals surface area contributed by atoms with Crippen molar-refractivity contribution in [2.24, 2.45) is 5.73 Å². The Kier molecular flexibility index (Phi) is 4.40. The molecule has 1 aromatic heterocycles. The molecule has 0 atom stereocenters. The number of aryl methyl sites for hydroxylation is 1. The third-order valence-corrected chi connectivity index (χ3v) is 4.88. The van der Waals surface area contributed by atoms with Gasteiger partial charge in [-0.2, -0.15) is 0 Å². The van der Waals surface area contributed by atoms with Crippen molar-refractivity contribution in [3.05, 3.63) is 21.9 Å². The summed E-state index contributed by atoms with van der Waals surface area (Å²) in [5, 5.41) is 2.01. The summed E-state index contributed by atoms with van der Waals surface area (Å²) in [6.07, 6.45) is 5.07. The molecule has 1 aromatic rings.